The Morgan fingerprint density at radius 3 is 2.94 bits per heavy atom. The van der Waals surface area contributed by atoms with Crippen LogP contribution in [0.3, 0.4) is 0 Å². The Morgan fingerprint density at radius 2 is 2.28 bits per heavy atom. The van der Waals surface area contributed by atoms with E-state index in [1.54, 1.807) is 6.07 Å². The van der Waals surface area contributed by atoms with E-state index in [0.29, 0.717) is 24.9 Å². The number of benzene rings is 1. The fourth-order valence-electron chi connectivity index (χ4n) is 1.72. The second kappa shape index (κ2) is 6.01. The molecule has 2 rings (SSSR count). The Morgan fingerprint density at radius 1 is 1.50 bits per heavy atom. The number of para-hydroxylation sites is 1. The Labute approximate surface area is 108 Å². The molecule has 0 aliphatic heterocycles. The van der Waals surface area contributed by atoms with Crippen molar-refractivity contribution in [2.45, 2.75) is 38.8 Å². The van der Waals surface area contributed by atoms with Crippen molar-refractivity contribution in [2.24, 2.45) is 0 Å². The zero-order valence-electron chi connectivity index (χ0n) is 10.8. The van der Waals surface area contributed by atoms with Crippen molar-refractivity contribution in [1.29, 1.82) is 0 Å². The van der Waals surface area contributed by atoms with Gasteiger partial charge in [-0.3, -0.25) is 0 Å². The Bertz CT molecular complexity index is 427. The molecule has 3 heteroatoms. The van der Waals surface area contributed by atoms with Crippen LogP contribution >= 0.6 is 0 Å². The van der Waals surface area contributed by atoms with E-state index >= 15 is 0 Å². The minimum Gasteiger partial charge on any atom is -0.490 e. The largest absolute Gasteiger partial charge is 0.490 e. The lowest BCUT2D eigenvalue weighted by molar-refractivity contribution is 0.300. The van der Waals surface area contributed by atoms with Crippen molar-refractivity contribution in [3.05, 3.63) is 41.7 Å². The summed E-state index contributed by atoms with van der Waals surface area (Å²) in [5.41, 5.74) is 1.94. The number of hydrogen-bond acceptors (Lipinski definition) is 2. The van der Waals surface area contributed by atoms with E-state index in [9.17, 15) is 4.39 Å². The van der Waals surface area contributed by atoms with Crippen LogP contribution in [0.2, 0.25) is 0 Å². The van der Waals surface area contributed by atoms with E-state index in [4.69, 9.17) is 4.74 Å². The van der Waals surface area contributed by atoms with Crippen molar-refractivity contribution >= 4 is 0 Å². The van der Waals surface area contributed by atoms with Crippen LogP contribution in [0.4, 0.5) is 4.39 Å². The zero-order valence-corrected chi connectivity index (χ0v) is 10.8. The summed E-state index contributed by atoms with van der Waals surface area (Å²) in [4.78, 5) is 0. The molecule has 1 saturated carbocycles. The molecule has 98 valence electrons. The molecule has 1 aromatic rings. The minimum atomic E-state index is -0.285. The highest BCUT2D eigenvalue weighted by atomic mass is 19.1. The standard InChI is InChI=1S/C15H20FNO/c1-11(2)8-9-18-15-12(4-3-5-14(15)16)10-17-13-6-7-13/h3-5,13,17H,1,6-10H2,2H3. The van der Waals surface area contributed by atoms with Gasteiger partial charge < -0.3 is 10.1 Å². The van der Waals surface area contributed by atoms with Gasteiger partial charge in [0.15, 0.2) is 11.6 Å². The third-order valence-corrected chi connectivity index (χ3v) is 2.98. The molecular formula is C15H20FNO. The molecule has 0 bridgehead atoms. The van der Waals surface area contributed by atoms with E-state index in [1.807, 2.05) is 13.0 Å². The molecule has 0 aromatic heterocycles. The van der Waals surface area contributed by atoms with Gasteiger partial charge in [0.2, 0.25) is 0 Å². The molecule has 0 spiro atoms. The second-order valence-electron chi connectivity index (χ2n) is 4.94. The molecule has 0 heterocycles. The van der Waals surface area contributed by atoms with Crippen molar-refractivity contribution in [3.8, 4) is 5.75 Å². The molecule has 2 nitrogen and oxygen atoms in total. The average Bonchev–Trinajstić information content (AvgIpc) is 3.12. The molecule has 18 heavy (non-hydrogen) atoms. The lowest BCUT2D eigenvalue weighted by atomic mass is 10.2. The zero-order chi connectivity index (χ0) is 13.0. The van der Waals surface area contributed by atoms with Gasteiger partial charge >= 0.3 is 0 Å². The first-order valence-corrected chi connectivity index (χ1v) is 6.45. The van der Waals surface area contributed by atoms with Crippen LogP contribution in [-0.2, 0) is 6.54 Å². The Balaban J connectivity index is 1.97. The lowest BCUT2D eigenvalue weighted by Crippen LogP contribution is -2.16. The van der Waals surface area contributed by atoms with E-state index in [0.717, 1.165) is 17.6 Å². The number of halogens is 1. The highest BCUT2D eigenvalue weighted by Crippen LogP contribution is 2.25. The monoisotopic (exact) mass is 249 g/mol. The summed E-state index contributed by atoms with van der Waals surface area (Å²) in [5, 5.41) is 3.38. The summed E-state index contributed by atoms with van der Waals surface area (Å²) in [6.07, 6.45) is 3.20. The highest BCUT2D eigenvalue weighted by molar-refractivity contribution is 5.35. The summed E-state index contributed by atoms with van der Waals surface area (Å²) in [6.45, 7) is 6.91. The maximum absolute atomic E-state index is 13.7. The van der Waals surface area contributed by atoms with Gasteiger partial charge in [0.05, 0.1) is 6.61 Å². The fraction of sp³-hybridized carbons (Fsp3) is 0.467. The van der Waals surface area contributed by atoms with Gasteiger partial charge in [-0.1, -0.05) is 17.7 Å². The Kier molecular flexibility index (Phi) is 4.37. The van der Waals surface area contributed by atoms with Crippen LogP contribution in [0.25, 0.3) is 0 Å². The minimum absolute atomic E-state index is 0.285. The summed E-state index contributed by atoms with van der Waals surface area (Å²) in [7, 11) is 0. The van der Waals surface area contributed by atoms with E-state index in [1.165, 1.54) is 18.9 Å². The van der Waals surface area contributed by atoms with Crippen LogP contribution in [0, 0.1) is 5.82 Å². The highest BCUT2D eigenvalue weighted by Gasteiger charge is 2.21. The summed E-state index contributed by atoms with van der Waals surface area (Å²) in [5.74, 6) is 0.0960. The van der Waals surface area contributed by atoms with E-state index in [2.05, 4.69) is 11.9 Å². The summed E-state index contributed by atoms with van der Waals surface area (Å²) in [6, 6.07) is 5.69. The third kappa shape index (κ3) is 3.84. The van der Waals surface area contributed by atoms with Crippen molar-refractivity contribution < 1.29 is 9.13 Å². The van der Waals surface area contributed by atoms with Crippen molar-refractivity contribution in [2.75, 3.05) is 6.61 Å². The molecule has 1 fully saturated rings. The SMILES string of the molecule is C=C(C)CCOc1c(F)cccc1CNC1CC1. The third-order valence-electron chi connectivity index (χ3n) is 2.98. The predicted octanol–water partition coefficient (Wildman–Crippen LogP) is 3.42. The molecule has 1 aromatic carbocycles. The van der Waals surface area contributed by atoms with Gasteiger partial charge in [-0.25, -0.2) is 4.39 Å². The first-order valence-electron chi connectivity index (χ1n) is 6.45. The molecule has 0 radical (unpaired) electrons. The molecule has 0 amide bonds. The fourth-order valence-corrected chi connectivity index (χ4v) is 1.72. The van der Waals surface area contributed by atoms with Crippen LogP contribution in [0.5, 0.6) is 5.75 Å². The summed E-state index contributed by atoms with van der Waals surface area (Å²) < 4.78 is 19.3. The maximum atomic E-state index is 13.7. The van der Waals surface area contributed by atoms with Gasteiger partial charge in [-0.15, -0.1) is 6.58 Å². The Hall–Kier alpha value is -1.35. The molecular weight excluding hydrogens is 229 g/mol. The topological polar surface area (TPSA) is 21.3 Å². The first-order chi connectivity index (χ1) is 8.66. The maximum Gasteiger partial charge on any atom is 0.165 e. The number of ether oxygens (including phenoxy) is 1. The van der Waals surface area contributed by atoms with E-state index in [-0.39, 0.29) is 5.82 Å². The van der Waals surface area contributed by atoms with Crippen molar-refractivity contribution in [3.63, 3.8) is 0 Å². The summed E-state index contributed by atoms with van der Waals surface area (Å²) >= 11 is 0. The van der Waals surface area contributed by atoms with Crippen LogP contribution in [0.1, 0.15) is 31.7 Å². The van der Waals surface area contributed by atoms with Gasteiger partial charge in [0.25, 0.3) is 0 Å². The predicted molar refractivity (Wildman–Crippen MR) is 71.2 cm³/mol. The number of rotatable bonds is 7. The molecule has 0 atom stereocenters. The van der Waals surface area contributed by atoms with Crippen LogP contribution < -0.4 is 10.1 Å². The smallest absolute Gasteiger partial charge is 0.165 e. The van der Waals surface area contributed by atoms with Crippen LogP contribution in [0.15, 0.2) is 30.4 Å². The molecule has 0 saturated heterocycles. The average molecular weight is 249 g/mol. The normalized spacial score (nSPS) is 14.6. The number of nitrogens with one attached hydrogen (secondary N) is 1. The lowest BCUT2D eigenvalue weighted by Gasteiger charge is -2.13. The van der Waals surface area contributed by atoms with Gasteiger partial charge in [-0.05, 0) is 25.8 Å². The molecule has 1 aliphatic carbocycles. The quantitative estimate of drug-likeness (QED) is 0.748. The number of hydrogen-bond donors (Lipinski definition) is 1. The molecule has 1 aliphatic rings. The van der Waals surface area contributed by atoms with Gasteiger partial charge in [-0.2, -0.15) is 0 Å². The molecule has 0 unspecified atom stereocenters. The van der Waals surface area contributed by atoms with Crippen LogP contribution in [-0.4, -0.2) is 12.6 Å². The molecule has 1 N–H and O–H groups in total. The van der Waals surface area contributed by atoms with Gasteiger partial charge in [0.1, 0.15) is 0 Å². The first kappa shape index (κ1) is 13.1. The van der Waals surface area contributed by atoms with E-state index < -0.39 is 0 Å². The van der Waals surface area contributed by atoms with Crippen molar-refractivity contribution in [1.82, 2.24) is 5.32 Å². The second-order valence-corrected chi connectivity index (χ2v) is 4.94. The van der Waals surface area contributed by atoms with Gasteiger partial charge in [0, 0.05) is 24.6 Å².